The minimum atomic E-state index is -3.77. The van der Waals surface area contributed by atoms with Gasteiger partial charge in [-0.25, -0.2) is 8.78 Å². The smallest absolute Gasteiger partial charge is 0.316 e. The van der Waals surface area contributed by atoms with Gasteiger partial charge in [0.1, 0.15) is 11.6 Å². The van der Waals surface area contributed by atoms with Crippen LogP contribution < -0.4 is 0 Å². The van der Waals surface area contributed by atoms with Gasteiger partial charge in [0.15, 0.2) is 0 Å². The van der Waals surface area contributed by atoms with Crippen molar-refractivity contribution in [1.29, 1.82) is 0 Å². The molecule has 2 aromatic carbocycles. The number of unbranched alkanes of at least 4 members (excludes halogenated alkanes) is 2. The molecule has 3 rings (SSSR count). The molecule has 0 spiro atoms. The highest BCUT2D eigenvalue weighted by atomic mass is 19.3. The molecule has 0 bridgehead atoms. The Bertz CT molecular complexity index is 903. The molecule has 0 amide bonds. The number of hydrogen-bond donors (Lipinski definition) is 0. The largest absolute Gasteiger partial charge is 0.386 e. The van der Waals surface area contributed by atoms with Crippen molar-refractivity contribution in [3.63, 3.8) is 0 Å². The van der Waals surface area contributed by atoms with E-state index in [4.69, 9.17) is 4.74 Å². The van der Waals surface area contributed by atoms with Crippen LogP contribution in [0.3, 0.4) is 0 Å². The van der Waals surface area contributed by atoms with Gasteiger partial charge in [0.2, 0.25) is 0 Å². The lowest BCUT2D eigenvalue weighted by Gasteiger charge is -2.29. The molecule has 34 heavy (non-hydrogen) atoms. The fourth-order valence-electron chi connectivity index (χ4n) is 5.11. The number of alkyl halides is 2. The summed E-state index contributed by atoms with van der Waals surface area (Å²) in [5.74, 6) is -0.407. The summed E-state index contributed by atoms with van der Waals surface area (Å²) in [4.78, 5) is 0. The van der Waals surface area contributed by atoms with Crippen LogP contribution >= 0.6 is 0 Å². The molecule has 0 atom stereocenters. The van der Waals surface area contributed by atoms with Crippen molar-refractivity contribution < 1.29 is 22.3 Å². The number of halogens is 4. The topological polar surface area (TPSA) is 9.23 Å². The molecule has 1 saturated carbocycles. The second kappa shape index (κ2) is 12.7. The fraction of sp³-hybridized carbons (Fsp3) is 0.586. The molecule has 0 aromatic heterocycles. The number of rotatable bonds is 12. The van der Waals surface area contributed by atoms with Crippen LogP contribution in [0.2, 0.25) is 0 Å². The Balaban J connectivity index is 1.55. The summed E-state index contributed by atoms with van der Waals surface area (Å²) >= 11 is 0. The number of ether oxygens (including phenoxy) is 1. The third kappa shape index (κ3) is 7.31. The van der Waals surface area contributed by atoms with Crippen molar-refractivity contribution >= 4 is 0 Å². The normalized spacial score (nSPS) is 18.9. The predicted octanol–water partition coefficient (Wildman–Crippen LogP) is 9.08. The van der Waals surface area contributed by atoms with Crippen LogP contribution in [0.25, 0.3) is 0 Å². The maximum Gasteiger partial charge on any atom is 0.386 e. The number of hydrogen-bond acceptors (Lipinski definition) is 1. The second-order valence-electron chi connectivity index (χ2n) is 9.74. The lowest BCUT2D eigenvalue weighted by Crippen LogP contribution is -2.22. The average Bonchev–Trinajstić information content (AvgIpc) is 2.81. The lowest BCUT2D eigenvalue weighted by molar-refractivity contribution is -0.249. The summed E-state index contributed by atoms with van der Waals surface area (Å²) < 4.78 is 63.0. The van der Waals surface area contributed by atoms with Gasteiger partial charge in [0.05, 0.1) is 12.2 Å². The molecule has 0 saturated heterocycles. The summed E-state index contributed by atoms with van der Waals surface area (Å²) in [7, 11) is 0. The van der Waals surface area contributed by atoms with E-state index in [9.17, 15) is 17.6 Å². The van der Waals surface area contributed by atoms with Crippen LogP contribution in [0.5, 0.6) is 0 Å². The third-order valence-corrected chi connectivity index (χ3v) is 7.16. The van der Waals surface area contributed by atoms with Gasteiger partial charge in [-0.15, -0.1) is 0 Å². The number of aryl methyl sites for hydroxylation is 1. The monoisotopic (exact) mass is 478 g/mol. The second-order valence-corrected chi connectivity index (χ2v) is 9.74. The summed E-state index contributed by atoms with van der Waals surface area (Å²) in [6.07, 6.45) is 6.76. The Morgan fingerprint density at radius 3 is 2.26 bits per heavy atom. The Morgan fingerprint density at radius 1 is 0.853 bits per heavy atom. The minimum absolute atomic E-state index is 0.00261. The van der Waals surface area contributed by atoms with Gasteiger partial charge in [-0.05, 0) is 91.7 Å². The third-order valence-electron chi connectivity index (χ3n) is 7.16. The van der Waals surface area contributed by atoms with Crippen molar-refractivity contribution in [2.24, 2.45) is 5.92 Å². The first-order chi connectivity index (χ1) is 16.3. The lowest BCUT2D eigenvalue weighted by atomic mass is 9.77. The van der Waals surface area contributed by atoms with Gasteiger partial charge in [-0.2, -0.15) is 8.78 Å². The maximum atomic E-state index is 14.7. The SMILES string of the molecule is CCCCCc1ccc(CCOC(F)(F)c2ccc([C@H]3CC[C@H](CCC)CC3)cc2F)c(F)c1. The molecule has 188 valence electrons. The molecule has 5 heteroatoms. The molecule has 0 heterocycles. The first kappa shape index (κ1) is 26.7. The maximum absolute atomic E-state index is 14.7. The van der Waals surface area contributed by atoms with Gasteiger partial charge in [-0.1, -0.05) is 57.7 Å². The quantitative estimate of drug-likeness (QED) is 0.218. The summed E-state index contributed by atoms with van der Waals surface area (Å²) in [5.41, 5.74) is 1.25. The van der Waals surface area contributed by atoms with Crippen molar-refractivity contribution in [1.82, 2.24) is 0 Å². The summed E-state index contributed by atoms with van der Waals surface area (Å²) in [5, 5.41) is 0. The van der Waals surface area contributed by atoms with Gasteiger partial charge < -0.3 is 4.74 Å². The summed E-state index contributed by atoms with van der Waals surface area (Å²) in [6, 6.07) is 8.93. The van der Waals surface area contributed by atoms with E-state index in [2.05, 4.69) is 13.8 Å². The van der Waals surface area contributed by atoms with Crippen LogP contribution in [0.15, 0.2) is 36.4 Å². The van der Waals surface area contributed by atoms with Crippen molar-refractivity contribution in [3.05, 3.63) is 70.3 Å². The zero-order chi connectivity index (χ0) is 24.6. The van der Waals surface area contributed by atoms with Crippen LogP contribution in [0, 0.1) is 17.6 Å². The van der Waals surface area contributed by atoms with Crippen molar-refractivity contribution in [3.8, 4) is 0 Å². The van der Waals surface area contributed by atoms with Crippen LogP contribution in [0.4, 0.5) is 17.6 Å². The molecular formula is C29H38F4O. The van der Waals surface area contributed by atoms with Gasteiger partial charge in [0, 0.05) is 0 Å². The molecule has 0 unspecified atom stereocenters. The highest BCUT2D eigenvalue weighted by Crippen LogP contribution is 2.39. The van der Waals surface area contributed by atoms with E-state index in [0.29, 0.717) is 5.56 Å². The van der Waals surface area contributed by atoms with Crippen LogP contribution in [0.1, 0.15) is 99.8 Å². The molecule has 0 N–H and O–H groups in total. The van der Waals surface area contributed by atoms with Gasteiger partial charge in [0.25, 0.3) is 0 Å². The van der Waals surface area contributed by atoms with Gasteiger partial charge in [-0.3, -0.25) is 0 Å². The Morgan fingerprint density at radius 2 is 1.62 bits per heavy atom. The van der Waals surface area contributed by atoms with Crippen LogP contribution in [-0.4, -0.2) is 6.61 Å². The van der Waals surface area contributed by atoms with E-state index in [-0.39, 0.29) is 12.3 Å². The van der Waals surface area contributed by atoms with Crippen LogP contribution in [-0.2, 0) is 23.7 Å². The highest BCUT2D eigenvalue weighted by Gasteiger charge is 2.36. The highest BCUT2D eigenvalue weighted by molar-refractivity contribution is 5.29. The first-order valence-electron chi connectivity index (χ1n) is 12.9. The van der Waals surface area contributed by atoms with E-state index in [0.717, 1.165) is 74.5 Å². The molecule has 0 radical (unpaired) electrons. The van der Waals surface area contributed by atoms with E-state index in [1.54, 1.807) is 12.1 Å². The van der Waals surface area contributed by atoms with Gasteiger partial charge >= 0.3 is 6.11 Å². The molecular weight excluding hydrogens is 440 g/mol. The Labute approximate surface area is 201 Å². The Hall–Kier alpha value is -1.88. The van der Waals surface area contributed by atoms with E-state index in [1.807, 2.05) is 6.07 Å². The zero-order valence-corrected chi connectivity index (χ0v) is 20.5. The first-order valence-corrected chi connectivity index (χ1v) is 12.9. The zero-order valence-electron chi connectivity index (χ0n) is 20.5. The van der Waals surface area contributed by atoms with E-state index >= 15 is 0 Å². The van der Waals surface area contributed by atoms with Crippen molar-refractivity contribution in [2.75, 3.05) is 6.61 Å². The number of benzene rings is 2. The molecule has 1 nitrogen and oxygen atoms in total. The molecule has 1 fully saturated rings. The molecule has 1 aliphatic rings. The standard InChI is InChI=1S/C29H38F4O/c1-3-5-6-8-22-11-14-24(27(30)19-22)17-18-34-29(32,33)26-16-15-25(20-28(26)31)23-12-9-21(7-4-2)10-13-23/h11,14-16,19-21,23H,3-10,12-13,17-18H2,1-2H3/t21-,23-. The average molecular weight is 479 g/mol. The van der Waals surface area contributed by atoms with E-state index < -0.39 is 29.9 Å². The molecule has 2 aromatic rings. The van der Waals surface area contributed by atoms with Crippen molar-refractivity contribution in [2.45, 2.75) is 96.5 Å². The minimum Gasteiger partial charge on any atom is -0.316 e. The fourth-order valence-corrected chi connectivity index (χ4v) is 5.11. The molecule has 0 aliphatic heterocycles. The van der Waals surface area contributed by atoms with E-state index in [1.165, 1.54) is 25.0 Å². The summed E-state index contributed by atoms with van der Waals surface area (Å²) in [6.45, 7) is 3.89. The molecule has 1 aliphatic carbocycles. The predicted molar refractivity (Wildman–Crippen MR) is 129 cm³/mol. The Kier molecular flexibility index (Phi) is 9.99.